The Hall–Kier alpha value is -3.44. The van der Waals surface area contributed by atoms with Gasteiger partial charge in [-0.3, -0.25) is 0 Å². The molecule has 8 nitrogen and oxygen atoms in total. The molecule has 0 aliphatic rings. The van der Waals surface area contributed by atoms with Crippen molar-refractivity contribution in [3.8, 4) is 23.0 Å². The molecule has 0 radical (unpaired) electrons. The Balaban J connectivity index is 0.000000341. The third-order valence-electron chi connectivity index (χ3n) is 4.59. The summed E-state index contributed by atoms with van der Waals surface area (Å²) < 4.78 is 48.4. The molecule has 0 aromatic heterocycles. The van der Waals surface area contributed by atoms with Crippen LogP contribution in [-0.2, 0) is 19.7 Å². The van der Waals surface area contributed by atoms with Gasteiger partial charge < -0.3 is 20.4 Å². The van der Waals surface area contributed by atoms with Gasteiger partial charge in [0.1, 0.15) is 23.0 Å². The van der Waals surface area contributed by atoms with Gasteiger partial charge in [-0.1, -0.05) is 0 Å². The zero-order chi connectivity index (χ0) is 24.9. The summed E-state index contributed by atoms with van der Waals surface area (Å²) in [5, 5.41) is 36.4. The number of phenols is 4. The number of hydrogen-bond donors (Lipinski definition) is 4. The number of phenolic OH excluding ortho intramolecular Hbond substituents is 4. The molecule has 12 heteroatoms. The quantitative estimate of drug-likeness (QED) is 0.274. The normalized spacial score (nSPS) is 10.7. The van der Waals surface area contributed by atoms with Crippen molar-refractivity contribution in [2.75, 3.05) is 0 Å². The van der Waals surface area contributed by atoms with E-state index in [0.29, 0.717) is 0 Å². The van der Waals surface area contributed by atoms with E-state index in [2.05, 4.69) is 0 Å². The highest BCUT2D eigenvalue weighted by Gasteiger charge is 2.18. The summed E-state index contributed by atoms with van der Waals surface area (Å²) in [6.07, 6.45) is 0. The second-order valence-corrected chi connectivity index (χ2v) is 10.9. The topological polar surface area (TPSA) is 149 Å². The van der Waals surface area contributed by atoms with Gasteiger partial charge in [0, 0.05) is 0 Å². The fraction of sp³-hybridized carbons (Fsp3) is 0. The molecule has 0 unspecified atom stereocenters. The minimum Gasteiger partial charge on any atom is -0.508 e. The van der Waals surface area contributed by atoms with Crippen LogP contribution in [0.25, 0.3) is 0 Å². The summed E-state index contributed by atoms with van der Waals surface area (Å²) in [5.74, 6) is 0.0358. The van der Waals surface area contributed by atoms with Crippen LogP contribution in [0, 0.1) is 0 Å². The summed E-state index contributed by atoms with van der Waals surface area (Å²) in [5.41, 5.74) is 0. The van der Waals surface area contributed by atoms with Crippen molar-refractivity contribution in [2.45, 2.75) is 19.6 Å². The maximum atomic E-state index is 12.1. The summed E-state index contributed by atoms with van der Waals surface area (Å²) in [7, 11) is -7.19. The molecule has 36 heavy (non-hydrogen) atoms. The molecule has 0 atom stereocenters. The third kappa shape index (κ3) is 7.28. The zero-order valence-electron chi connectivity index (χ0n) is 18.3. The molecule has 0 saturated heterocycles. The van der Waals surface area contributed by atoms with E-state index >= 15 is 0 Å². The SMILES string of the molecule is Cl.Cl.O=S(=O)(c1ccc(O)cc1)c1ccc(O)cc1.O=S(=O)(c1ccc(O)cc1)c1ccc(O)cc1. The molecule has 4 aromatic rings. The minimum atomic E-state index is -3.59. The first-order valence-corrected chi connectivity index (χ1v) is 12.6. The van der Waals surface area contributed by atoms with Crippen molar-refractivity contribution >= 4 is 44.5 Å². The standard InChI is InChI=1S/2C12H10O4S.2ClH/c2*13-9-1-5-11(6-2-9)17(15,16)12-7-3-10(14)4-8-12;;/h2*1-8,13-14H;2*1H. The maximum absolute atomic E-state index is 12.1. The number of halogens is 2. The monoisotopic (exact) mass is 572 g/mol. The van der Waals surface area contributed by atoms with Crippen LogP contribution in [0.2, 0.25) is 0 Å². The average Bonchev–Trinajstić information content (AvgIpc) is 2.81. The molecule has 0 spiro atoms. The van der Waals surface area contributed by atoms with Crippen LogP contribution in [0.15, 0.2) is 117 Å². The van der Waals surface area contributed by atoms with E-state index in [1.807, 2.05) is 0 Å². The predicted octanol–water partition coefficient (Wildman–Crippen LogP) is 4.70. The van der Waals surface area contributed by atoms with Crippen molar-refractivity contribution in [3.63, 3.8) is 0 Å². The van der Waals surface area contributed by atoms with Gasteiger partial charge in [0.2, 0.25) is 19.7 Å². The Kier molecular flexibility index (Phi) is 10.6. The summed E-state index contributed by atoms with van der Waals surface area (Å²) in [6.45, 7) is 0. The summed E-state index contributed by atoms with van der Waals surface area (Å²) in [6, 6.07) is 21.1. The van der Waals surface area contributed by atoms with E-state index in [1.54, 1.807) is 0 Å². The largest absolute Gasteiger partial charge is 0.508 e. The van der Waals surface area contributed by atoms with Gasteiger partial charge in [-0.25, -0.2) is 16.8 Å². The van der Waals surface area contributed by atoms with Crippen LogP contribution in [-0.4, -0.2) is 37.3 Å². The van der Waals surface area contributed by atoms with Crippen LogP contribution in [0.5, 0.6) is 23.0 Å². The lowest BCUT2D eigenvalue weighted by Gasteiger charge is -2.04. The Morgan fingerprint density at radius 3 is 0.611 bits per heavy atom. The molecular formula is C24H22Cl2O8S2. The lowest BCUT2D eigenvalue weighted by Crippen LogP contribution is -2.01. The molecule has 192 valence electrons. The van der Waals surface area contributed by atoms with Gasteiger partial charge in [0.25, 0.3) is 0 Å². The van der Waals surface area contributed by atoms with Gasteiger partial charge in [0.15, 0.2) is 0 Å². The van der Waals surface area contributed by atoms with Gasteiger partial charge in [-0.2, -0.15) is 0 Å². The van der Waals surface area contributed by atoms with Crippen LogP contribution >= 0.6 is 24.8 Å². The second-order valence-electron chi connectivity index (χ2n) is 6.98. The van der Waals surface area contributed by atoms with E-state index in [4.69, 9.17) is 20.4 Å². The van der Waals surface area contributed by atoms with E-state index in [0.717, 1.165) is 0 Å². The molecule has 4 aromatic carbocycles. The molecule has 4 N–H and O–H groups in total. The first kappa shape index (κ1) is 30.6. The highest BCUT2D eigenvalue weighted by molar-refractivity contribution is 7.91. The van der Waals surface area contributed by atoms with Gasteiger partial charge in [-0.15, -0.1) is 24.8 Å². The Labute approximate surface area is 220 Å². The van der Waals surface area contributed by atoms with Crippen molar-refractivity contribution in [3.05, 3.63) is 97.1 Å². The van der Waals surface area contributed by atoms with Crippen molar-refractivity contribution in [1.29, 1.82) is 0 Å². The second kappa shape index (κ2) is 12.5. The number of hydrogen-bond acceptors (Lipinski definition) is 8. The molecule has 4 rings (SSSR count). The maximum Gasteiger partial charge on any atom is 0.206 e. The number of rotatable bonds is 4. The zero-order valence-corrected chi connectivity index (χ0v) is 21.6. The molecule has 0 aliphatic heterocycles. The molecule has 0 fully saturated rings. The Morgan fingerprint density at radius 2 is 0.472 bits per heavy atom. The van der Waals surface area contributed by atoms with E-state index < -0.39 is 19.7 Å². The van der Waals surface area contributed by atoms with Gasteiger partial charge in [0.05, 0.1) is 19.6 Å². The van der Waals surface area contributed by atoms with E-state index in [-0.39, 0.29) is 67.4 Å². The number of aromatic hydroxyl groups is 4. The molecule has 0 aliphatic carbocycles. The van der Waals surface area contributed by atoms with E-state index in [1.165, 1.54) is 97.1 Å². The summed E-state index contributed by atoms with van der Waals surface area (Å²) in [4.78, 5) is 0.393. The highest BCUT2D eigenvalue weighted by atomic mass is 35.5. The van der Waals surface area contributed by atoms with Crippen LogP contribution in [0.4, 0.5) is 0 Å². The first-order valence-electron chi connectivity index (χ1n) is 9.66. The smallest absolute Gasteiger partial charge is 0.206 e. The first-order chi connectivity index (χ1) is 16.0. The van der Waals surface area contributed by atoms with Crippen LogP contribution < -0.4 is 0 Å². The molecule has 0 saturated carbocycles. The third-order valence-corrected chi connectivity index (χ3v) is 8.16. The Bertz CT molecular complexity index is 1250. The minimum absolute atomic E-state index is 0. The average molecular weight is 573 g/mol. The summed E-state index contributed by atoms with van der Waals surface area (Å²) >= 11 is 0. The molecule has 0 bridgehead atoms. The fourth-order valence-corrected chi connectivity index (χ4v) is 5.30. The van der Waals surface area contributed by atoms with Crippen LogP contribution in [0.1, 0.15) is 0 Å². The van der Waals surface area contributed by atoms with Gasteiger partial charge in [-0.05, 0) is 97.1 Å². The van der Waals surface area contributed by atoms with E-state index in [9.17, 15) is 16.8 Å². The lowest BCUT2D eigenvalue weighted by molar-refractivity contribution is 0.474. The van der Waals surface area contributed by atoms with Gasteiger partial charge >= 0.3 is 0 Å². The molecular weight excluding hydrogens is 551 g/mol. The van der Waals surface area contributed by atoms with Crippen LogP contribution in [0.3, 0.4) is 0 Å². The van der Waals surface area contributed by atoms with Crippen molar-refractivity contribution in [1.82, 2.24) is 0 Å². The lowest BCUT2D eigenvalue weighted by atomic mass is 10.3. The fourth-order valence-electron chi connectivity index (χ4n) is 2.77. The van der Waals surface area contributed by atoms with Crippen molar-refractivity contribution in [2.24, 2.45) is 0 Å². The van der Waals surface area contributed by atoms with Crippen molar-refractivity contribution < 1.29 is 37.3 Å². The molecule has 0 heterocycles. The predicted molar refractivity (Wildman–Crippen MR) is 138 cm³/mol. The number of sulfone groups is 2. The Morgan fingerprint density at radius 1 is 0.333 bits per heavy atom. The number of benzene rings is 4. The highest BCUT2D eigenvalue weighted by Crippen LogP contribution is 2.25. The molecule has 0 amide bonds.